The van der Waals surface area contributed by atoms with Gasteiger partial charge in [0.05, 0.1) is 6.04 Å². The van der Waals surface area contributed by atoms with E-state index in [1.165, 1.54) is 16.8 Å². The first-order valence-electron chi connectivity index (χ1n) is 10.1. The van der Waals surface area contributed by atoms with E-state index in [0.29, 0.717) is 18.1 Å². The minimum atomic E-state index is -0.435. The molecule has 2 heterocycles. The van der Waals surface area contributed by atoms with Crippen LogP contribution in [0.2, 0.25) is 0 Å². The Hall–Kier alpha value is -3.25. The Kier molecular flexibility index (Phi) is 5.26. The number of hydrogen-bond donors (Lipinski definition) is 2. The van der Waals surface area contributed by atoms with Crippen molar-refractivity contribution in [1.82, 2.24) is 14.5 Å². The van der Waals surface area contributed by atoms with E-state index in [1.54, 1.807) is 16.8 Å². The van der Waals surface area contributed by atoms with E-state index in [-0.39, 0.29) is 18.2 Å². The molecule has 0 fully saturated rings. The van der Waals surface area contributed by atoms with Gasteiger partial charge in [0.25, 0.3) is 5.56 Å². The predicted molar refractivity (Wildman–Crippen MR) is 121 cm³/mol. The zero-order valence-corrected chi connectivity index (χ0v) is 17.5. The van der Waals surface area contributed by atoms with Crippen molar-refractivity contribution in [3.8, 4) is 0 Å². The summed E-state index contributed by atoms with van der Waals surface area (Å²) in [5.74, 6) is 0.462. The summed E-state index contributed by atoms with van der Waals surface area (Å²) in [4.78, 5) is 21.6. The average molecular weight is 402 g/mol. The fraction of sp³-hybridized carbons (Fsp3) is 0.292. The lowest BCUT2D eigenvalue weighted by molar-refractivity contribution is 0.141. The van der Waals surface area contributed by atoms with Crippen molar-refractivity contribution < 1.29 is 5.11 Å². The summed E-state index contributed by atoms with van der Waals surface area (Å²) >= 11 is 0. The van der Waals surface area contributed by atoms with E-state index >= 15 is 0 Å². The molecule has 1 unspecified atom stereocenters. The van der Waals surface area contributed by atoms with Crippen molar-refractivity contribution in [2.45, 2.75) is 33.4 Å². The molecule has 0 aliphatic carbocycles. The van der Waals surface area contributed by atoms with E-state index in [0.717, 1.165) is 10.9 Å². The summed E-state index contributed by atoms with van der Waals surface area (Å²) in [5, 5.41) is 16.2. The van der Waals surface area contributed by atoms with Gasteiger partial charge in [-0.2, -0.15) is 4.98 Å². The van der Waals surface area contributed by atoms with Crippen LogP contribution < -0.4 is 10.9 Å². The lowest BCUT2D eigenvalue weighted by Crippen LogP contribution is -2.31. The highest BCUT2D eigenvalue weighted by molar-refractivity contribution is 5.83. The largest absolute Gasteiger partial charge is 0.396 e. The maximum absolute atomic E-state index is 12.5. The number of aliphatic hydroxyl groups is 1. The van der Waals surface area contributed by atoms with Crippen molar-refractivity contribution in [2.24, 2.45) is 5.41 Å². The zero-order valence-electron chi connectivity index (χ0n) is 17.5. The van der Waals surface area contributed by atoms with Gasteiger partial charge < -0.3 is 10.4 Å². The molecular weight excluding hydrogens is 376 g/mol. The third-order valence-electron chi connectivity index (χ3n) is 5.36. The third kappa shape index (κ3) is 4.04. The van der Waals surface area contributed by atoms with Crippen molar-refractivity contribution in [1.29, 1.82) is 0 Å². The minimum absolute atomic E-state index is 0.00942. The Morgan fingerprint density at radius 3 is 2.57 bits per heavy atom. The highest BCUT2D eigenvalue weighted by Crippen LogP contribution is 2.24. The third-order valence-corrected chi connectivity index (χ3v) is 5.36. The molecule has 4 rings (SSSR count). The summed E-state index contributed by atoms with van der Waals surface area (Å²) in [6.45, 7) is 6.24. The first-order valence-corrected chi connectivity index (χ1v) is 10.1. The maximum atomic E-state index is 12.5. The SMILES string of the molecule is CC(Nc1ncc2ccc(=O)n(CC(C)(C)CO)c2n1)c1ccc2ccccc2c1. The quantitative estimate of drug-likeness (QED) is 0.507. The van der Waals surface area contributed by atoms with Gasteiger partial charge in [-0.1, -0.05) is 50.2 Å². The van der Waals surface area contributed by atoms with Gasteiger partial charge in [0.15, 0.2) is 0 Å². The zero-order chi connectivity index (χ0) is 21.3. The molecule has 6 heteroatoms. The van der Waals surface area contributed by atoms with Crippen LogP contribution in [0.4, 0.5) is 5.95 Å². The molecule has 0 radical (unpaired) electrons. The van der Waals surface area contributed by atoms with Crippen LogP contribution in [0.3, 0.4) is 0 Å². The second-order valence-electron chi connectivity index (χ2n) is 8.53. The van der Waals surface area contributed by atoms with Gasteiger partial charge in [0, 0.05) is 36.2 Å². The molecule has 2 N–H and O–H groups in total. The van der Waals surface area contributed by atoms with Gasteiger partial charge in [-0.15, -0.1) is 0 Å². The lowest BCUT2D eigenvalue weighted by Gasteiger charge is -2.23. The van der Waals surface area contributed by atoms with E-state index in [4.69, 9.17) is 0 Å². The Labute approximate surface area is 175 Å². The Balaban J connectivity index is 1.67. The Morgan fingerprint density at radius 1 is 1.07 bits per heavy atom. The summed E-state index contributed by atoms with van der Waals surface area (Å²) in [7, 11) is 0. The van der Waals surface area contributed by atoms with Crippen LogP contribution in [0.25, 0.3) is 21.8 Å². The summed E-state index contributed by atoms with van der Waals surface area (Å²) in [5.41, 5.74) is 1.11. The summed E-state index contributed by atoms with van der Waals surface area (Å²) in [6.07, 6.45) is 1.72. The molecule has 2 aromatic carbocycles. The molecule has 0 saturated carbocycles. The average Bonchev–Trinajstić information content (AvgIpc) is 2.75. The van der Waals surface area contributed by atoms with Crippen molar-refractivity contribution in [2.75, 3.05) is 11.9 Å². The highest BCUT2D eigenvalue weighted by atomic mass is 16.3. The molecule has 0 aliphatic rings. The lowest BCUT2D eigenvalue weighted by atomic mass is 9.95. The molecule has 0 saturated heterocycles. The number of aromatic nitrogens is 3. The number of aliphatic hydroxyl groups excluding tert-OH is 1. The molecule has 0 amide bonds. The molecule has 6 nitrogen and oxygen atoms in total. The standard InChI is InChI=1S/C24H26N4O2/c1-16(18-9-8-17-6-4-5-7-19(17)12-18)26-23-25-13-20-10-11-21(30)28(22(20)27-23)14-24(2,3)15-29/h4-13,16,29H,14-15H2,1-3H3,(H,25,26,27). The van der Waals surface area contributed by atoms with Gasteiger partial charge in [0.2, 0.25) is 5.95 Å². The first kappa shape index (κ1) is 20.0. The van der Waals surface area contributed by atoms with Crippen LogP contribution >= 0.6 is 0 Å². The van der Waals surface area contributed by atoms with Crippen LogP contribution in [0.5, 0.6) is 0 Å². The Morgan fingerprint density at radius 2 is 1.80 bits per heavy atom. The number of benzene rings is 2. The number of hydrogen-bond acceptors (Lipinski definition) is 5. The molecule has 2 aromatic heterocycles. The topological polar surface area (TPSA) is 80.0 Å². The summed E-state index contributed by atoms with van der Waals surface area (Å²) in [6, 6.07) is 17.9. The number of anilines is 1. The molecule has 0 aliphatic heterocycles. The number of rotatable bonds is 6. The number of nitrogens with zero attached hydrogens (tertiary/aromatic N) is 3. The van der Waals surface area contributed by atoms with Crippen LogP contribution in [0, 0.1) is 5.41 Å². The van der Waals surface area contributed by atoms with E-state index < -0.39 is 5.41 Å². The monoisotopic (exact) mass is 402 g/mol. The van der Waals surface area contributed by atoms with Crippen LogP contribution in [-0.4, -0.2) is 26.2 Å². The molecular formula is C24H26N4O2. The highest BCUT2D eigenvalue weighted by Gasteiger charge is 2.20. The minimum Gasteiger partial charge on any atom is -0.396 e. The molecule has 30 heavy (non-hydrogen) atoms. The van der Waals surface area contributed by atoms with Gasteiger partial charge in [-0.3, -0.25) is 9.36 Å². The predicted octanol–water partition coefficient (Wildman–Crippen LogP) is 4.14. The van der Waals surface area contributed by atoms with E-state index in [9.17, 15) is 9.90 Å². The second-order valence-corrected chi connectivity index (χ2v) is 8.53. The molecule has 154 valence electrons. The maximum Gasteiger partial charge on any atom is 0.252 e. The molecule has 4 aromatic rings. The van der Waals surface area contributed by atoms with Crippen molar-refractivity contribution in [3.05, 3.63) is 76.7 Å². The van der Waals surface area contributed by atoms with E-state index in [1.807, 2.05) is 26.0 Å². The van der Waals surface area contributed by atoms with Crippen molar-refractivity contribution >= 4 is 27.8 Å². The fourth-order valence-corrected chi connectivity index (χ4v) is 3.53. The Bertz CT molecular complexity index is 1260. The molecule has 0 bridgehead atoms. The van der Waals surface area contributed by atoms with Gasteiger partial charge >= 0.3 is 0 Å². The van der Waals surface area contributed by atoms with Gasteiger partial charge in [-0.25, -0.2) is 4.98 Å². The fourth-order valence-electron chi connectivity index (χ4n) is 3.53. The van der Waals surface area contributed by atoms with Gasteiger partial charge in [-0.05, 0) is 35.4 Å². The number of pyridine rings is 1. The number of nitrogens with one attached hydrogen (secondary N) is 1. The molecule has 1 atom stereocenters. The second kappa shape index (κ2) is 7.88. The summed E-state index contributed by atoms with van der Waals surface area (Å²) < 4.78 is 1.61. The van der Waals surface area contributed by atoms with Crippen molar-refractivity contribution in [3.63, 3.8) is 0 Å². The first-order chi connectivity index (χ1) is 14.4. The van der Waals surface area contributed by atoms with E-state index in [2.05, 4.69) is 52.5 Å². The number of fused-ring (bicyclic) bond motifs is 2. The van der Waals surface area contributed by atoms with Crippen LogP contribution in [0.15, 0.2) is 65.6 Å². The van der Waals surface area contributed by atoms with Crippen LogP contribution in [0.1, 0.15) is 32.4 Å². The van der Waals surface area contributed by atoms with Crippen LogP contribution in [-0.2, 0) is 6.54 Å². The normalized spacial score (nSPS) is 12.9. The molecule has 0 spiro atoms. The smallest absolute Gasteiger partial charge is 0.252 e. The van der Waals surface area contributed by atoms with Gasteiger partial charge in [0.1, 0.15) is 5.65 Å².